The fraction of sp³-hybridized carbons (Fsp3) is 0.900. The van der Waals surface area contributed by atoms with Gasteiger partial charge in [-0.1, -0.05) is 0 Å². The second-order valence-electron chi connectivity index (χ2n) is 4.49. The number of carbonyl (C=O) groups is 1. The predicted molar refractivity (Wildman–Crippen MR) is 61.4 cm³/mol. The quantitative estimate of drug-likeness (QED) is 0.771. The first-order valence-corrected chi connectivity index (χ1v) is 6.21. The number of rotatable bonds is 3. The Morgan fingerprint density at radius 2 is 2.07 bits per heavy atom. The summed E-state index contributed by atoms with van der Waals surface area (Å²) in [4.78, 5) is 13.7. The molecular weight excluding hydrogens is 196 g/mol. The first-order chi connectivity index (χ1) is 6.37. The van der Waals surface area contributed by atoms with Gasteiger partial charge in [0.25, 0.3) is 0 Å². The minimum atomic E-state index is -0.0253. The van der Waals surface area contributed by atoms with Gasteiger partial charge in [0.2, 0.25) is 5.91 Å². The van der Waals surface area contributed by atoms with Crippen LogP contribution in [0.5, 0.6) is 0 Å². The Morgan fingerprint density at radius 1 is 1.50 bits per heavy atom. The van der Waals surface area contributed by atoms with Gasteiger partial charge in [-0.15, -0.1) is 0 Å². The normalized spacial score (nSPS) is 28.6. The molecule has 0 saturated carbocycles. The van der Waals surface area contributed by atoms with E-state index in [-0.39, 0.29) is 22.9 Å². The van der Waals surface area contributed by atoms with Crippen molar-refractivity contribution >= 4 is 17.7 Å². The van der Waals surface area contributed by atoms with Gasteiger partial charge in [0.1, 0.15) is 0 Å². The third-order valence-electron chi connectivity index (χ3n) is 2.72. The summed E-state index contributed by atoms with van der Waals surface area (Å²) in [7, 11) is 0. The highest BCUT2D eigenvalue weighted by molar-refractivity contribution is 7.99. The van der Waals surface area contributed by atoms with Gasteiger partial charge in [-0.05, 0) is 34.0 Å². The van der Waals surface area contributed by atoms with Crippen molar-refractivity contribution in [3.63, 3.8) is 0 Å². The minimum Gasteiger partial charge on any atom is -0.325 e. The van der Waals surface area contributed by atoms with Gasteiger partial charge >= 0.3 is 0 Å². The van der Waals surface area contributed by atoms with Crippen LogP contribution in [0.2, 0.25) is 0 Å². The molecule has 3 nitrogen and oxygen atoms in total. The number of hydrogen-bond donors (Lipinski definition) is 1. The van der Waals surface area contributed by atoms with Crippen molar-refractivity contribution in [1.82, 2.24) is 10.2 Å². The molecule has 1 amide bonds. The molecule has 0 radical (unpaired) electrons. The van der Waals surface area contributed by atoms with Gasteiger partial charge in [-0.2, -0.15) is 11.8 Å². The summed E-state index contributed by atoms with van der Waals surface area (Å²) in [5.41, 5.74) is 0. The average molecular weight is 216 g/mol. The fourth-order valence-corrected chi connectivity index (χ4v) is 1.92. The topological polar surface area (TPSA) is 32.3 Å². The lowest BCUT2D eigenvalue weighted by atomic mass is 10.2. The highest BCUT2D eigenvalue weighted by atomic mass is 32.2. The molecule has 2 unspecified atom stereocenters. The number of hydrogen-bond acceptors (Lipinski definition) is 3. The molecule has 4 heteroatoms. The molecule has 1 heterocycles. The molecule has 2 atom stereocenters. The maximum absolute atomic E-state index is 11.8. The molecule has 0 aliphatic carbocycles. The molecule has 0 bridgehead atoms. The predicted octanol–water partition coefficient (Wildman–Crippen LogP) is 1.29. The molecule has 82 valence electrons. The SMILES string of the molecule is CSC(C)(C)CN1C(=O)C(C)NC1C. The van der Waals surface area contributed by atoms with E-state index in [1.54, 1.807) is 11.8 Å². The highest BCUT2D eigenvalue weighted by Gasteiger charge is 2.36. The van der Waals surface area contributed by atoms with E-state index in [1.165, 1.54) is 0 Å². The van der Waals surface area contributed by atoms with Crippen molar-refractivity contribution in [3.8, 4) is 0 Å². The van der Waals surface area contributed by atoms with Gasteiger partial charge in [-0.3, -0.25) is 10.1 Å². The van der Waals surface area contributed by atoms with Crippen molar-refractivity contribution in [2.75, 3.05) is 12.8 Å². The lowest BCUT2D eigenvalue weighted by molar-refractivity contribution is -0.129. The summed E-state index contributed by atoms with van der Waals surface area (Å²) in [5.74, 6) is 0.222. The Kier molecular flexibility index (Phi) is 3.48. The minimum absolute atomic E-state index is 0.0253. The molecular formula is C10H20N2OS. The second kappa shape index (κ2) is 4.11. The monoisotopic (exact) mass is 216 g/mol. The first-order valence-electron chi connectivity index (χ1n) is 4.99. The van der Waals surface area contributed by atoms with Crippen molar-refractivity contribution in [2.45, 2.75) is 44.6 Å². The summed E-state index contributed by atoms with van der Waals surface area (Å²) in [6.07, 6.45) is 2.26. The van der Waals surface area contributed by atoms with E-state index >= 15 is 0 Å². The zero-order chi connectivity index (χ0) is 10.9. The molecule has 0 aromatic rings. The Bertz CT molecular complexity index is 230. The smallest absolute Gasteiger partial charge is 0.240 e. The molecule has 14 heavy (non-hydrogen) atoms. The van der Waals surface area contributed by atoms with E-state index in [1.807, 2.05) is 18.7 Å². The van der Waals surface area contributed by atoms with E-state index in [2.05, 4.69) is 25.4 Å². The lowest BCUT2D eigenvalue weighted by Crippen LogP contribution is -2.42. The van der Waals surface area contributed by atoms with Crippen molar-refractivity contribution in [3.05, 3.63) is 0 Å². The molecule has 1 aliphatic rings. The molecule has 0 aromatic carbocycles. The van der Waals surface area contributed by atoms with Crippen LogP contribution in [0.1, 0.15) is 27.7 Å². The number of nitrogens with zero attached hydrogens (tertiary/aromatic N) is 1. The van der Waals surface area contributed by atoms with Crippen LogP contribution in [0.25, 0.3) is 0 Å². The Hall–Kier alpha value is -0.220. The molecule has 1 fully saturated rings. The molecule has 1 saturated heterocycles. The lowest BCUT2D eigenvalue weighted by Gasteiger charge is -2.30. The summed E-state index contributed by atoms with van der Waals surface area (Å²) >= 11 is 1.80. The Labute approximate surface area is 90.6 Å². The summed E-state index contributed by atoms with van der Waals surface area (Å²) < 4.78 is 0.135. The zero-order valence-corrected chi connectivity index (χ0v) is 10.4. The molecule has 0 aromatic heterocycles. The molecule has 1 N–H and O–H groups in total. The van der Waals surface area contributed by atoms with Gasteiger partial charge in [0.05, 0.1) is 12.2 Å². The van der Waals surface area contributed by atoms with Crippen LogP contribution in [0.4, 0.5) is 0 Å². The maximum Gasteiger partial charge on any atom is 0.240 e. The molecule has 0 spiro atoms. The third kappa shape index (κ3) is 2.42. The third-order valence-corrected chi connectivity index (χ3v) is 3.95. The summed E-state index contributed by atoms with van der Waals surface area (Å²) in [6, 6.07) is -0.0253. The van der Waals surface area contributed by atoms with E-state index in [0.29, 0.717) is 0 Å². The van der Waals surface area contributed by atoms with Gasteiger partial charge < -0.3 is 4.90 Å². The Morgan fingerprint density at radius 3 is 2.43 bits per heavy atom. The number of amides is 1. The maximum atomic E-state index is 11.8. The van der Waals surface area contributed by atoms with Crippen molar-refractivity contribution in [1.29, 1.82) is 0 Å². The molecule has 1 rings (SSSR count). The zero-order valence-electron chi connectivity index (χ0n) is 9.63. The van der Waals surface area contributed by atoms with Crippen LogP contribution in [0.15, 0.2) is 0 Å². The van der Waals surface area contributed by atoms with Crippen molar-refractivity contribution < 1.29 is 4.79 Å². The highest BCUT2D eigenvalue weighted by Crippen LogP contribution is 2.25. The van der Waals surface area contributed by atoms with Crippen LogP contribution in [-0.4, -0.2) is 40.6 Å². The van der Waals surface area contributed by atoms with Crippen LogP contribution < -0.4 is 5.32 Å². The van der Waals surface area contributed by atoms with Crippen LogP contribution >= 0.6 is 11.8 Å². The van der Waals surface area contributed by atoms with E-state index in [4.69, 9.17) is 0 Å². The molecule has 1 aliphatic heterocycles. The number of carbonyl (C=O) groups excluding carboxylic acids is 1. The van der Waals surface area contributed by atoms with Gasteiger partial charge in [-0.25, -0.2) is 0 Å². The number of thioether (sulfide) groups is 1. The largest absolute Gasteiger partial charge is 0.325 e. The number of nitrogens with one attached hydrogen (secondary N) is 1. The van der Waals surface area contributed by atoms with Gasteiger partial charge in [0, 0.05) is 11.3 Å². The van der Waals surface area contributed by atoms with Crippen molar-refractivity contribution in [2.24, 2.45) is 0 Å². The average Bonchev–Trinajstić information content (AvgIpc) is 2.32. The van der Waals surface area contributed by atoms with Gasteiger partial charge in [0.15, 0.2) is 0 Å². The summed E-state index contributed by atoms with van der Waals surface area (Å²) in [6.45, 7) is 9.11. The van der Waals surface area contributed by atoms with Crippen LogP contribution in [0, 0.1) is 0 Å². The van der Waals surface area contributed by atoms with E-state index < -0.39 is 0 Å². The fourth-order valence-electron chi connectivity index (χ4n) is 1.65. The summed E-state index contributed by atoms with van der Waals surface area (Å²) in [5, 5.41) is 3.23. The van der Waals surface area contributed by atoms with Crippen LogP contribution in [0.3, 0.4) is 0 Å². The van der Waals surface area contributed by atoms with Crippen LogP contribution in [-0.2, 0) is 4.79 Å². The standard InChI is InChI=1S/C10H20N2OS/c1-7-9(13)12(8(2)11-7)6-10(3,4)14-5/h7-8,11H,6H2,1-5H3. The van der Waals surface area contributed by atoms with E-state index in [0.717, 1.165) is 6.54 Å². The van der Waals surface area contributed by atoms with E-state index in [9.17, 15) is 4.79 Å². The Balaban J connectivity index is 2.65. The second-order valence-corrected chi connectivity index (χ2v) is 6.01. The first kappa shape index (κ1) is 11.9.